The summed E-state index contributed by atoms with van der Waals surface area (Å²) in [6.07, 6.45) is 3.94. The molecule has 19 heavy (non-hydrogen) atoms. The van der Waals surface area contributed by atoms with Crippen LogP contribution in [0.1, 0.15) is 49.0 Å². The van der Waals surface area contributed by atoms with Crippen molar-refractivity contribution in [2.24, 2.45) is 11.8 Å². The lowest BCUT2D eigenvalue weighted by molar-refractivity contribution is 0.0414. The predicted octanol–water partition coefficient (Wildman–Crippen LogP) is 3.73. The highest BCUT2D eigenvalue weighted by atomic mass is 16.5. The van der Waals surface area contributed by atoms with Crippen LogP contribution < -0.4 is 0 Å². The van der Waals surface area contributed by atoms with Crippen LogP contribution in [0.2, 0.25) is 0 Å². The molecule has 1 aromatic carbocycles. The first-order valence-corrected chi connectivity index (χ1v) is 7.00. The normalized spacial score (nSPS) is 22.9. The van der Waals surface area contributed by atoms with E-state index in [1.54, 1.807) is 12.1 Å². The van der Waals surface area contributed by atoms with Gasteiger partial charge in [0.15, 0.2) is 0 Å². The van der Waals surface area contributed by atoms with Gasteiger partial charge in [0, 0.05) is 0 Å². The zero-order chi connectivity index (χ0) is 13.8. The van der Waals surface area contributed by atoms with Crippen LogP contribution in [0.25, 0.3) is 0 Å². The van der Waals surface area contributed by atoms with Crippen LogP contribution in [0.3, 0.4) is 0 Å². The van der Waals surface area contributed by atoms with Gasteiger partial charge in [0.2, 0.25) is 0 Å². The fourth-order valence-corrected chi connectivity index (χ4v) is 2.69. The van der Waals surface area contributed by atoms with Crippen molar-refractivity contribution in [1.29, 1.82) is 0 Å². The summed E-state index contributed by atoms with van der Waals surface area (Å²) < 4.78 is 5.92. The van der Waals surface area contributed by atoms with Crippen LogP contribution in [-0.4, -0.2) is 17.2 Å². The maximum Gasteiger partial charge on any atom is 0.335 e. The van der Waals surface area contributed by atoms with Gasteiger partial charge in [0.1, 0.15) is 0 Å². The molecule has 3 heteroatoms. The second-order valence-electron chi connectivity index (χ2n) is 5.75. The molecule has 1 aliphatic rings. The lowest BCUT2D eigenvalue weighted by atomic mass is 9.95. The first kappa shape index (κ1) is 14.1. The summed E-state index contributed by atoms with van der Waals surface area (Å²) in [6.45, 7) is 5.13. The molecule has 1 aliphatic carbocycles. The Morgan fingerprint density at radius 3 is 2.53 bits per heavy atom. The van der Waals surface area contributed by atoms with E-state index in [4.69, 9.17) is 9.84 Å². The number of aromatic carboxylic acids is 1. The van der Waals surface area contributed by atoms with Gasteiger partial charge in [-0.05, 0) is 48.8 Å². The van der Waals surface area contributed by atoms with E-state index in [0.717, 1.165) is 30.2 Å². The van der Waals surface area contributed by atoms with Crippen molar-refractivity contribution < 1.29 is 14.6 Å². The van der Waals surface area contributed by atoms with E-state index in [1.807, 2.05) is 12.1 Å². The van der Waals surface area contributed by atoms with Crippen molar-refractivity contribution in [1.82, 2.24) is 0 Å². The summed E-state index contributed by atoms with van der Waals surface area (Å²) in [4.78, 5) is 10.7. The number of carbonyl (C=O) groups is 1. The molecule has 2 rings (SSSR count). The summed E-state index contributed by atoms with van der Waals surface area (Å²) in [5.74, 6) is 0.644. The topological polar surface area (TPSA) is 46.5 Å². The summed E-state index contributed by atoms with van der Waals surface area (Å²) >= 11 is 0. The number of carboxylic acid groups (broad SMARTS) is 1. The first-order chi connectivity index (χ1) is 9.06. The Balaban J connectivity index is 1.81. The predicted molar refractivity (Wildman–Crippen MR) is 74.2 cm³/mol. The first-order valence-electron chi connectivity index (χ1n) is 7.00. The lowest BCUT2D eigenvalue weighted by Gasteiger charge is -2.15. The van der Waals surface area contributed by atoms with Crippen LogP contribution in [0.4, 0.5) is 0 Å². The molecule has 3 nitrogen and oxygen atoms in total. The van der Waals surface area contributed by atoms with Crippen LogP contribution >= 0.6 is 0 Å². The average molecular weight is 262 g/mol. The third-order valence-corrected chi connectivity index (χ3v) is 4.05. The molecule has 0 aromatic heterocycles. The number of benzene rings is 1. The third-order valence-electron chi connectivity index (χ3n) is 4.05. The minimum atomic E-state index is -0.886. The highest BCUT2D eigenvalue weighted by Gasteiger charge is 2.27. The van der Waals surface area contributed by atoms with Gasteiger partial charge in [0.25, 0.3) is 0 Å². The molecule has 2 atom stereocenters. The molecular weight excluding hydrogens is 240 g/mol. The molecule has 0 saturated heterocycles. The average Bonchev–Trinajstić information content (AvgIpc) is 2.86. The monoisotopic (exact) mass is 262 g/mol. The highest BCUT2D eigenvalue weighted by molar-refractivity contribution is 5.87. The second kappa shape index (κ2) is 6.20. The molecule has 1 unspecified atom stereocenters. The molecule has 0 spiro atoms. The zero-order valence-corrected chi connectivity index (χ0v) is 11.6. The SMILES string of the molecule is CC(C)[C@@H]1CCC(OCc2ccc(C(=O)O)cc2)C1. The summed E-state index contributed by atoms with van der Waals surface area (Å²) in [5, 5.41) is 8.83. The van der Waals surface area contributed by atoms with Gasteiger partial charge in [-0.25, -0.2) is 4.79 Å². The molecule has 0 bridgehead atoms. The Kier molecular flexibility index (Phi) is 4.59. The van der Waals surface area contributed by atoms with Crippen LogP contribution in [-0.2, 0) is 11.3 Å². The number of rotatable bonds is 5. The van der Waals surface area contributed by atoms with Gasteiger partial charge >= 0.3 is 5.97 Å². The molecular formula is C16H22O3. The molecule has 1 fully saturated rings. The Bertz CT molecular complexity index is 422. The third kappa shape index (κ3) is 3.80. The Hall–Kier alpha value is -1.35. The molecule has 1 N–H and O–H groups in total. The maximum atomic E-state index is 10.7. The minimum Gasteiger partial charge on any atom is -0.478 e. The molecule has 0 aliphatic heterocycles. The van der Waals surface area contributed by atoms with Crippen molar-refractivity contribution in [2.45, 2.75) is 45.8 Å². The fraction of sp³-hybridized carbons (Fsp3) is 0.562. The van der Waals surface area contributed by atoms with E-state index in [1.165, 1.54) is 6.42 Å². The van der Waals surface area contributed by atoms with Crippen molar-refractivity contribution in [3.8, 4) is 0 Å². The van der Waals surface area contributed by atoms with Crippen molar-refractivity contribution in [3.05, 3.63) is 35.4 Å². The fourth-order valence-electron chi connectivity index (χ4n) is 2.69. The van der Waals surface area contributed by atoms with E-state index in [-0.39, 0.29) is 0 Å². The molecule has 1 saturated carbocycles. The van der Waals surface area contributed by atoms with Crippen LogP contribution in [0.15, 0.2) is 24.3 Å². The van der Waals surface area contributed by atoms with Crippen molar-refractivity contribution in [2.75, 3.05) is 0 Å². The lowest BCUT2D eigenvalue weighted by Crippen LogP contribution is -2.10. The van der Waals surface area contributed by atoms with Crippen LogP contribution in [0, 0.1) is 11.8 Å². The van der Waals surface area contributed by atoms with E-state index < -0.39 is 5.97 Å². The van der Waals surface area contributed by atoms with Crippen molar-refractivity contribution in [3.63, 3.8) is 0 Å². The summed E-state index contributed by atoms with van der Waals surface area (Å²) in [5.41, 5.74) is 1.36. The molecule has 0 amide bonds. The molecule has 1 aromatic rings. The second-order valence-corrected chi connectivity index (χ2v) is 5.75. The highest BCUT2D eigenvalue weighted by Crippen LogP contribution is 2.33. The zero-order valence-electron chi connectivity index (χ0n) is 11.6. The molecule has 104 valence electrons. The van der Waals surface area contributed by atoms with Gasteiger partial charge in [-0.15, -0.1) is 0 Å². The Labute approximate surface area is 114 Å². The van der Waals surface area contributed by atoms with Gasteiger partial charge in [-0.3, -0.25) is 0 Å². The Morgan fingerprint density at radius 1 is 1.32 bits per heavy atom. The number of ether oxygens (including phenoxy) is 1. The van der Waals surface area contributed by atoms with Gasteiger partial charge in [-0.2, -0.15) is 0 Å². The molecule has 0 heterocycles. The number of carboxylic acids is 1. The quantitative estimate of drug-likeness (QED) is 0.879. The van der Waals surface area contributed by atoms with E-state index >= 15 is 0 Å². The van der Waals surface area contributed by atoms with E-state index in [9.17, 15) is 4.79 Å². The largest absolute Gasteiger partial charge is 0.478 e. The minimum absolute atomic E-state index is 0.324. The number of hydrogen-bond acceptors (Lipinski definition) is 2. The summed E-state index contributed by atoms with van der Waals surface area (Å²) in [6, 6.07) is 6.93. The van der Waals surface area contributed by atoms with Crippen molar-refractivity contribution >= 4 is 5.97 Å². The van der Waals surface area contributed by atoms with E-state index in [2.05, 4.69) is 13.8 Å². The van der Waals surface area contributed by atoms with Crippen LogP contribution in [0.5, 0.6) is 0 Å². The number of hydrogen-bond donors (Lipinski definition) is 1. The Morgan fingerprint density at radius 2 is 2.00 bits per heavy atom. The van der Waals surface area contributed by atoms with Gasteiger partial charge in [0.05, 0.1) is 18.3 Å². The van der Waals surface area contributed by atoms with E-state index in [0.29, 0.717) is 18.3 Å². The summed E-state index contributed by atoms with van der Waals surface area (Å²) in [7, 11) is 0. The van der Waals surface area contributed by atoms with Gasteiger partial charge in [-0.1, -0.05) is 26.0 Å². The smallest absolute Gasteiger partial charge is 0.335 e. The van der Waals surface area contributed by atoms with Gasteiger partial charge < -0.3 is 9.84 Å². The molecule has 0 radical (unpaired) electrons. The standard InChI is InChI=1S/C16H22O3/c1-11(2)14-7-8-15(9-14)19-10-12-3-5-13(6-4-12)16(17)18/h3-6,11,14-15H,7-10H2,1-2H3,(H,17,18)/t14-,15?/m1/s1. The maximum absolute atomic E-state index is 10.7.